The quantitative estimate of drug-likeness (QED) is 0.589. The summed E-state index contributed by atoms with van der Waals surface area (Å²) in [7, 11) is 0. The van der Waals surface area contributed by atoms with Gasteiger partial charge in [-0.3, -0.25) is 4.90 Å². The predicted octanol–water partition coefficient (Wildman–Crippen LogP) is 2.62. The SMILES string of the molecule is CCNC(=NCc1cccc(CN2CCOCC2)c1)NC(C)C(C)C. The molecule has 1 aromatic rings. The molecule has 2 rings (SSSR count). The molecule has 0 bridgehead atoms. The summed E-state index contributed by atoms with van der Waals surface area (Å²) < 4.78 is 5.42. The third kappa shape index (κ3) is 7.04. The minimum atomic E-state index is 0.394. The van der Waals surface area contributed by atoms with Crippen LogP contribution in [-0.2, 0) is 17.8 Å². The number of rotatable bonds is 7. The Hall–Kier alpha value is -1.59. The summed E-state index contributed by atoms with van der Waals surface area (Å²) in [5, 5.41) is 6.82. The van der Waals surface area contributed by atoms with E-state index in [0.717, 1.165) is 45.4 Å². The maximum Gasteiger partial charge on any atom is 0.191 e. The molecule has 0 amide bonds. The molecule has 1 saturated heterocycles. The van der Waals surface area contributed by atoms with Crippen LogP contribution in [0.15, 0.2) is 29.3 Å². The summed E-state index contributed by atoms with van der Waals surface area (Å²) in [4.78, 5) is 7.20. The first-order valence-electron chi connectivity index (χ1n) is 9.51. The van der Waals surface area contributed by atoms with E-state index in [2.05, 4.69) is 67.5 Å². The minimum absolute atomic E-state index is 0.394. The van der Waals surface area contributed by atoms with Crippen molar-refractivity contribution < 1.29 is 4.74 Å². The van der Waals surface area contributed by atoms with Crippen LogP contribution in [0.1, 0.15) is 38.8 Å². The number of nitrogens with zero attached hydrogens (tertiary/aromatic N) is 2. The fourth-order valence-corrected chi connectivity index (χ4v) is 2.72. The Morgan fingerprint density at radius 1 is 1.20 bits per heavy atom. The largest absolute Gasteiger partial charge is 0.379 e. The molecule has 1 heterocycles. The van der Waals surface area contributed by atoms with Crippen molar-refractivity contribution >= 4 is 5.96 Å². The van der Waals surface area contributed by atoms with Crippen LogP contribution in [0.4, 0.5) is 0 Å². The van der Waals surface area contributed by atoms with Crippen LogP contribution >= 0.6 is 0 Å². The summed E-state index contributed by atoms with van der Waals surface area (Å²) >= 11 is 0. The summed E-state index contributed by atoms with van der Waals surface area (Å²) in [6.45, 7) is 15.0. The third-order valence-electron chi connectivity index (χ3n) is 4.63. The Bertz CT molecular complexity index is 538. The van der Waals surface area contributed by atoms with Crippen LogP contribution in [-0.4, -0.2) is 49.7 Å². The van der Waals surface area contributed by atoms with Crippen molar-refractivity contribution in [3.05, 3.63) is 35.4 Å². The van der Waals surface area contributed by atoms with E-state index in [9.17, 15) is 0 Å². The Balaban J connectivity index is 1.96. The molecule has 2 N–H and O–H groups in total. The van der Waals surface area contributed by atoms with Crippen LogP contribution in [0.5, 0.6) is 0 Å². The number of hydrogen-bond acceptors (Lipinski definition) is 3. The number of hydrogen-bond donors (Lipinski definition) is 2. The second-order valence-electron chi connectivity index (χ2n) is 7.08. The molecule has 5 nitrogen and oxygen atoms in total. The van der Waals surface area contributed by atoms with Crippen LogP contribution < -0.4 is 10.6 Å². The summed E-state index contributed by atoms with van der Waals surface area (Å²) in [5.74, 6) is 1.46. The number of guanidine groups is 1. The van der Waals surface area contributed by atoms with Crippen molar-refractivity contribution in [3.8, 4) is 0 Å². The molecule has 1 aliphatic heterocycles. The zero-order valence-electron chi connectivity index (χ0n) is 16.2. The molecule has 1 aromatic carbocycles. The molecule has 0 aliphatic carbocycles. The Morgan fingerprint density at radius 3 is 2.60 bits per heavy atom. The fourth-order valence-electron chi connectivity index (χ4n) is 2.72. The maximum atomic E-state index is 5.42. The molecule has 0 spiro atoms. The van der Waals surface area contributed by atoms with Gasteiger partial charge in [0.25, 0.3) is 0 Å². The van der Waals surface area contributed by atoms with E-state index in [1.54, 1.807) is 0 Å². The lowest BCUT2D eigenvalue weighted by Gasteiger charge is -2.26. The topological polar surface area (TPSA) is 48.9 Å². The second-order valence-corrected chi connectivity index (χ2v) is 7.08. The molecule has 1 atom stereocenters. The monoisotopic (exact) mass is 346 g/mol. The van der Waals surface area contributed by atoms with Gasteiger partial charge in [0, 0.05) is 32.2 Å². The van der Waals surface area contributed by atoms with Gasteiger partial charge in [-0.2, -0.15) is 0 Å². The Labute approximate surface area is 152 Å². The van der Waals surface area contributed by atoms with Gasteiger partial charge in [0.1, 0.15) is 0 Å². The molecule has 0 radical (unpaired) electrons. The van der Waals surface area contributed by atoms with Gasteiger partial charge < -0.3 is 15.4 Å². The van der Waals surface area contributed by atoms with Gasteiger partial charge in [0.05, 0.1) is 19.8 Å². The molecule has 1 aliphatic rings. The highest BCUT2D eigenvalue weighted by Gasteiger charge is 2.11. The maximum absolute atomic E-state index is 5.42. The molecular formula is C20H34N4O. The normalized spacial score (nSPS) is 17.6. The molecular weight excluding hydrogens is 312 g/mol. The number of morpholine rings is 1. The Morgan fingerprint density at radius 2 is 1.92 bits per heavy atom. The fraction of sp³-hybridized carbons (Fsp3) is 0.650. The zero-order valence-corrected chi connectivity index (χ0v) is 16.2. The summed E-state index contributed by atoms with van der Waals surface area (Å²) in [6.07, 6.45) is 0. The van der Waals surface area contributed by atoms with Crippen LogP contribution in [0.2, 0.25) is 0 Å². The standard InChI is InChI=1S/C20H34N4O/c1-5-21-20(23-17(4)16(2)3)22-14-18-7-6-8-19(13-18)15-24-9-11-25-12-10-24/h6-8,13,16-17H,5,9-12,14-15H2,1-4H3,(H2,21,22,23). The van der Waals surface area contributed by atoms with Crippen molar-refractivity contribution in [2.24, 2.45) is 10.9 Å². The van der Waals surface area contributed by atoms with Crippen molar-refractivity contribution in [1.82, 2.24) is 15.5 Å². The molecule has 0 aromatic heterocycles. The van der Waals surface area contributed by atoms with Gasteiger partial charge in [-0.05, 0) is 30.9 Å². The molecule has 140 valence electrons. The van der Waals surface area contributed by atoms with Gasteiger partial charge in [0.15, 0.2) is 5.96 Å². The van der Waals surface area contributed by atoms with Crippen molar-refractivity contribution in [2.45, 2.75) is 46.8 Å². The lowest BCUT2D eigenvalue weighted by Crippen LogP contribution is -2.44. The van der Waals surface area contributed by atoms with Gasteiger partial charge in [-0.25, -0.2) is 4.99 Å². The smallest absolute Gasteiger partial charge is 0.191 e. The van der Waals surface area contributed by atoms with E-state index < -0.39 is 0 Å². The molecule has 0 saturated carbocycles. The van der Waals surface area contributed by atoms with E-state index in [1.807, 2.05) is 0 Å². The van der Waals surface area contributed by atoms with Crippen molar-refractivity contribution in [2.75, 3.05) is 32.8 Å². The van der Waals surface area contributed by atoms with Crippen LogP contribution in [0, 0.1) is 5.92 Å². The van der Waals surface area contributed by atoms with Gasteiger partial charge in [-0.15, -0.1) is 0 Å². The van der Waals surface area contributed by atoms with Crippen LogP contribution in [0.25, 0.3) is 0 Å². The van der Waals surface area contributed by atoms with Gasteiger partial charge in [0.2, 0.25) is 0 Å². The molecule has 5 heteroatoms. The Kier molecular flexibility index (Phi) is 8.22. The molecule has 1 unspecified atom stereocenters. The van der Waals surface area contributed by atoms with E-state index in [-0.39, 0.29) is 0 Å². The minimum Gasteiger partial charge on any atom is -0.379 e. The number of benzene rings is 1. The highest BCUT2D eigenvalue weighted by atomic mass is 16.5. The first kappa shape index (κ1) is 19.7. The van der Waals surface area contributed by atoms with Crippen molar-refractivity contribution in [1.29, 1.82) is 0 Å². The lowest BCUT2D eigenvalue weighted by atomic mass is 10.1. The first-order chi connectivity index (χ1) is 12.1. The van der Waals surface area contributed by atoms with Gasteiger partial charge in [-0.1, -0.05) is 38.1 Å². The number of aliphatic imine (C=N–C) groups is 1. The van der Waals surface area contributed by atoms with E-state index in [4.69, 9.17) is 9.73 Å². The summed E-state index contributed by atoms with van der Waals surface area (Å²) in [6, 6.07) is 9.16. The van der Waals surface area contributed by atoms with Crippen molar-refractivity contribution in [3.63, 3.8) is 0 Å². The first-order valence-corrected chi connectivity index (χ1v) is 9.51. The zero-order chi connectivity index (χ0) is 18.1. The average molecular weight is 347 g/mol. The highest BCUT2D eigenvalue weighted by molar-refractivity contribution is 5.80. The van der Waals surface area contributed by atoms with E-state index in [0.29, 0.717) is 18.5 Å². The number of nitrogens with one attached hydrogen (secondary N) is 2. The third-order valence-corrected chi connectivity index (χ3v) is 4.63. The molecule has 1 fully saturated rings. The molecule has 25 heavy (non-hydrogen) atoms. The number of ether oxygens (including phenoxy) is 1. The summed E-state index contributed by atoms with van der Waals surface area (Å²) in [5.41, 5.74) is 2.60. The predicted molar refractivity (Wildman–Crippen MR) is 105 cm³/mol. The second kappa shape index (κ2) is 10.4. The van der Waals surface area contributed by atoms with E-state index in [1.165, 1.54) is 11.1 Å². The van der Waals surface area contributed by atoms with Gasteiger partial charge >= 0.3 is 0 Å². The average Bonchev–Trinajstić information content (AvgIpc) is 2.61. The highest BCUT2D eigenvalue weighted by Crippen LogP contribution is 2.11. The lowest BCUT2D eigenvalue weighted by molar-refractivity contribution is 0.0342. The van der Waals surface area contributed by atoms with Crippen LogP contribution in [0.3, 0.4) is 0 Å². The van der Waals surface area contributed by atoms with E-state index >= 15 is 0 Å².